The summed E-state index contributed by atoms with van der Waals surface area (Å²) in [5.41, 5.74) is 0.857. The Balaban J connectivity index is 0.00000156. The molecule has 0 saturated carbocycles. The summed E-state index contributed by atoms with van der Waals surface area (Å²) in [4.78, 5) is 20.2. The number of nitrogens with zero attached hydrogens (tertiary/aromatic N) is 2. The molecule has 0 aliphatic carbocycles. The fraction of sp³-hybridized carbons (Fsp3) is 0.500. The number of amides is 1. The Kier molecular flexibility index (Phi) is 9.70. The molecule has 0 radical (unpaired) electrons. The summed E-state index contributed by atoms with van der Waals surface area (Å²) in [6.45, 7) is 2.71. The number of piperidine rings is 1. The second-order valence-corrected chi connectivity index (χ2v) is 8.40. The lowest BCUT2D eigenvalue weighted by Crippen LogP contribution is -2.43. The second kappa shape index (κ2) is 10.7. The summed E-state index contributed by atoms with van der Waals surface area (Å²) in [6, 6.07) is 3.85. The largest absolute Gasteiger partial charge is 0.342 e. The van der Waals surface area contributed by atoms with Crippen molar-refractivity contribution in [3.8, 4) is 9.88 Å². The Morgan fingerprint density at radius 2 is 2.24 bits per heavy atom. The van der Waals surface area contributed by atoms with Crippen LogP contribution in [0, 0.1) is 5.92 Å². The van der Waals surface area contributed by atoms with Crippen molar-refractivity contribution in [3.63, 3.8) is 0 Å². The third-order valence-electron chi connectivity index (χ3n) is 4.03. The van der Waals surface area contributed by atoms with Gasteiger partial charge in [0.1, 0.15) is 5.01 Å². The quantitative estimate of drug-likeness (QED) is 0.748. The molecule has 3 rings (SSSR count). The van der Waals surface area contributed by atoms with Gasteiger partial charge >= 0.3 is 0 Å². The maximum atomic E-state index is 12.5. The summed E-state index contributed by atoms with van der Waals surface area (Å²) in [5.74, 6) is 0.754. The van der Waals surface area contributed by atoms with Gasteiger partial charge in [0.05, 0.1) is 21.3 Å². The van der Waals surface area contributed by atoms with Crippen molar-refractivity contribution in [1.82, 2.24) is 15.2 Å². The van der Waals surface area contributed by atoms with Crippen LogP contribution < -0.4 is 5.32 Å². The molecule has 1 aliphatic rings. The predicted octanol–water partition coefficient (Wildman–Crippen LogP) is 4.37. The van der Waals surface area contributed by atoms with Crippen molar-refractivity contribution in [3.05, 3.63) is 27.5 Å². The number of nitrogens with one attached hydrogen (secondary N) is 1. The molecule has 0 spiro atoms. The van der Waals surface area contributed by atoms with E-state index < -0.39 is 0 Å². The zero-order chi connectivity index (χ0) is 16.2. The summed E-state index contributed by atoms with van der Waals surface area (Å²) in [7, 11) is 1.97. The molecule has 1 atom stereocenters. The van der Waals surface area contributed by atoms with Crippen LogP contribution >= 0.6 is 59.1 Å². The van der Waals surface area contributed by atoms with Gasteiger partial charge in [0.2, 0.25) is 5.91 Å². The number of hydrogen-bond donors (Lipinski definition) is 1. The molecule has 0 bridgehead atoms. The Bertz CT molecular complexity index is 675. The topological polar surface area (TPSA) is 45.2 Å². The number of halogens is 3. The van der Waals surface area contributed by atoms with Crippen molar-refractivity contribution >= 4 is 65.0 Å². The van der Waals surface area contributed by atoms with Crippen molar-refractivity contribution < 1.29 is 4.79 Å². The van der Waals surface area contributed by atoms with Crippen LogP contribution in [0.5, 0.6) is 0 Å². The summed E-state index contributed by atoms with van der Waals surface area (Å²) < 4.78 is 0.761. The van der Waals surface area contributed by atoms with Gasteiger partial charge in [-0.1, -0.05) is 11.6 Å². The van der Waals surface area contributed by atoms with Crippen molar-refractivity contribution in [2.45, 2.75) is 19.3 Å². The molecule has 0 aromatic carbocycles. The highest BCUT2D eigenvalue weighted by atomic mass is 35.5. The molecular formula is C16H22Cl3N3OS2. The van der Waals surface area contributed by atoms with Crippen LogP contribution in [-0.4, -0.2) is 42.5 Å². The van der Waals surface area contributed by atoms with E-state index in [1.807, 2.05) is 29.5 Å². The molecule has 4 nitrogen and oxygen atoms in total. The third kappa shape index (κ3) is 6.08. The van der Waals surface area contributed by atoms with Gasteiger partial charge in [-0.15, -0.1) is 47.5 Å². The molecule has 1 N–H and O–H groups in total. The van der Waals surface area contributed by atoms with Crippen LogP contribution in [-0.2, 0) is 11.2 Å². The molecule has 2 aromatic rings. The van der Waals surface area contributed by atoms with Crippen molar-refractivity contribution in [1.29, 1.82) is 0 Å². The highest BCUT2D eigenvalue weighted by molar-refractivity contribution is 7.23. The number of aromatic nitrogens is 1. The molecule has 2 aromatic heterocycles. The monoisotopic (exact) mass is 441 g/mol. The van der Waals surface area contributed by atoms with Gasteiger partial charge in [0, 0.05) is 18.5 Å². The first-order chi connectivity index (χ1) is 11.2. The van der Waals surface area contributed by atoms with Crippen LogP contribution in [0.25, 0.3) is 9.88 Å². The van der Waals surface area contributed by atoms with Gasteiger partial charge in [0.15, 0.2) is 0 Å². The van der Waals surface area contributed by atoms with Crippen molar-refractivity contribution in [2.75, 3.05) is 26.7 Å². The van der Waals surface area contributed by atoms with E-state index in [1.54, 1.807) is 11.3 Å². The van der Waals surface area contributed by atoms with Gasteiger partial charge in [-0.05, 0) is 44.5 Å². The highest BCUT2D eigenvalue weighted by Crippen LogP contribution is 2.33. The second-order valence-electron chi connectivity index (χ2n) is 5.83. The Morgan fingerprint density at radius 1 is 1.44 bits per heavy atom. The number of thiophene rings is 1. The first kappa shape index (κ1) is 22.7. The smallest absolute Gasteiger partial charge is 0.228 e. The zero-order valence-corrected chi connectivity index (χ0v) is 17.9. The normalized spacial score (nSPS) is 16.9. The van der Waals surface area contributed by atoms with Crippen molar-refractivity contribution in [2.24, 2.45) is 5.92 Å². The molecule has 1 aliphatic heterocycles. The maximum Gasteiger partial charge on any atom is 0.228 e. The fourth-order valence-electron chi connectivity index (χ4n) is 2.94. The number of rotatable bonds is 5. The van der Waals surface area contributed by atoms with E-state index >= 15 is 0 Å². The average Bonchev–Trinajstić information content (AvgIpc) is 3.17. The Morgan fingerprint density at radius 3 is 2.92 bits per heavy atom. The molecular weight excluding hydrogens is 421 g/mol. The third-order valence-corrected chi connectivity index (χ3v) is 6.32. The molecule has 9 heteroatoms. The number of hydrogen-bond acceptors (Lipinski definition) is 5. The first-order valence-corrected chi connectivity index (χ1v) is 9.85. The number of thiazole rings is 1. The minimum Gasteiger partial charge on any atom is -0.342 e. The minimum absolute atomic E-state index is 0. The summed E-state index contributed by atoms with van der Waals surface area (Å²) in [5, 5.41) is 6.13. The van der Waals surface area contributed by atoms with E-state index in [4.69, 9.17) is 11.6 Å². The van der Waals surface area contributed by atoms with Gasteiger partial charge in [-0.25, -0.2) is 4.98 Å². The van der Waals surface area contributed by atoms with Gasteiger partial charge in [0.25, 0.3) is 0 Å². The van der Waals surface area contributed by atoms with Gasteiger partial charge in [-0.2, -0.15) is 0 Å². The van der Waals surface area contributed by atoms with E-state index in [1.165, 1.54) is 17.8 Å². The van der Waals surface area contributed by atoms with E-state index in [0.717, 1.165) is 46.0 Å². The fourth-order valence-corrected chi connectivity index (χ4v) is 4.88. The molecule has 140 valence electrons. The molecule has 1 unspecified atom stereocenters. The zero-order valence-electron chi connectivity index (χ0n) is 13.9. The maximum absolute atomic E-state index is 12.5. The SMILES string of the molecule is CNCC1CCCN(C(=O)Cc2csc(-c3ccc(Cl)s3)n2)C1.Cl.Cl. The van der Waals surface area contributed by atoms with Gasteiger partial charge in [-0.3, -0.25) is 4.79 Å². The van der Waals surface area contributed by atoms with E-state index in [9.17, 15) is 4.79 Å². The van der Waals surface area contributed by atoms with Crippen LogP contribution in [0.1, 0.15) is 18.5 Å². The lowest BCUT2D eigenvalue weighted by atomic mass is 9.98. The lowest BCUT2D eigenvalue weighted by molar-refractivity contribution is -0.132. The van der Waals surface area contributed by atoms with Gasteiger partial charge < -0.3 is 10.2 Å². The number of carbonyl (C=O) groups excluding carboxylic acids is 1. The first-order valence-electron chi connectivity index (χ1n) is 7.78. The van der Waals surface area contributed by atoms with E-state index in [-0.39, 0.29) is 30.7 Å². The lowest BCUT2D eigenvalue weighted by Gasteiger charge is -2.32. The molecule has 3 heterocycles. The standard InChI is InChI=1S/C16H20ClN3OS2.2ClH/c1-18-8-11-3-2-6-20(9-11)15(21)7-12-10-22-16(19-12)13-4-5-14(17)23-13;;/h4-5,10-11,18H,2-3,6-9H2,1H3;2*1H. The Hall–Kier alpha value is -0.370. The predicted molar refractivity (Wildman–Crippen MR) is 112 cm³/mol. The van der Waals surface area contributed by atoms with Crippen LogP contribution in [0.15, 0.2) is 17.5 Å². The summed E-state index contributed by atoms with van der Waals surface area (Å²) >= 11 is 9.06. The van der Waals surface area contributed by atoms with Crippen LogP contribution in [0.4, 0.5) is 0 Å². The Labute approximate surface area is 173 Å². The summed E-state index contributed by atoms with van der Waals surface area (Å²) in [6.07, 6.45) is 2.68. The molecule has 1 amide bonds. The molecule has 25 heavy (non-hydrogen) atoms. The van der Waals surface area contributed by atoms with Crippen LogP contribution in [0.3, 0.4) is 0 Å². The molecule has 1 saturated heterocycles. The average molecular weight is 443 g/mol. The van der Waals surface area contributed by atoms with E-state index in [2.05, 4.69) is 10.3 Å². The van der Waals surface area contributed by atoms with Crippen LogP contribution in [0.2, 0.25) is 4.34 Å². The number of carbonyl (C=O) groups is 1. The molecule has 1 fully saturated rings. The van der Waals surface area contributed by atoms with E-state index in [0.29, 0.717) is 12.3 Å². The minimum atomic E-state index is 0. The number of likely N-dealkylation sites (tertiary alicyclic amines) is 1. The highest BCUT2D eigenvalue weighted by Gasteiger charge is 2.23.